The molecule has 29 heavy (non-hydrogen) atoms. The summed E-state index contributed by atoms with van der Waals surface area (Å²) in [6.45, 7) is 8.69. The lowest BCUT2D eigenvalue weighted by Gasteiger charge is -2.42. The molecule has 0 saturated carbocycles. The predicted molar refractivity (Wildman–Crippen MR) is 115 cm³/mol. The summed E-state index contributed by atoms with van der Waals surface area (Å²) < 4.78 is 0. The molecule has 1 amide bonds. The third kappa shape index (κ3) is 4.58. The molecular formula is C23H31N5O. The number of amides is 1. The van der Waals surface area contributed by atoms with E-state index in [2.05, 4.69) is 63.2 Å². The zero-order valence-corrected chi connectivity index (χ0v) is 17.5. The van der Waals surface area contributed by atoms with Gasteiger partial charge in [0, 0.05) is 50.7 Å². The Morgan fingerprint density at radius 3 is 2.69 bits per heavy atom. The van der Waals surface area contributed by atoms with E-state index in [1.165, 1.54) is 11.1 Å². The minimum absolute atomic E-state index is 0.00885. The fraction of sp³-hybridized carbons (Fsp3) is 0.522. The topological polar surface area (TPSA) is 61.4 Å². The molecular weight excluding hydrogens is 362 g/mol. The second kappa shape index (κ2) is 8.49. The van der Waals surface area contributed by atoms with E-state index in [0.29, 0.717) is 13.1 Å². The lowest BCUT2D eigenvalue weighted by atomic mass is 9.93. The third-order valence-electron chi connectivity index (χ3n) is 6.31. The maximum absolute atomic E-state index is 12.9. The lowest BCUT2D eigenvalue weighted by molar-refractivity contribution is -0.125. The van der Waals surface area contributed by atoms with E-state index < -0.39 is 0 Å². The number of benzene rings is 1. The fourth-order valence-corrected chi connectivity index (χ4v) is 4.40. The van der Waals surface area contributed by atoms with Crippen LogP contribution in [0.4, 0.5) is 5.95 Å². The quantitative estimate of drug-likeness (QED) is 0.846. The zero-order valence-electron chi connectivity index (χ0n) is 17.5. The number of piperidine rings is 1. The summed E-state index contributed by atoms with van der Waals surface area (Å²) in [6, 6.07) is 10.5. The van der Waals surface area contributed by atoms with Gasteiger partial charge in [0.15, 0.2) is 0 Å². The van der Waals surface area contributed by atoms with Gasteiger partial charge in [0.05, 0.1) is 5.92 Å². The molecule has 1 N–H and O–H groups in total. The number of anilines is 1. The Hall–Kier alpha value is -2.47. The lowest BCUT2D eigenvalue weighted by Crippen LogP contribution is -2.54. The summed E-state index contributed by atoms with van der Waals surface area (Å²) in [6.07, 6.45) is 6.49. The predicted octanol–water partition coefficient (Wildman–Crippen LogP) is 2.65. The van der Waals surface area contributed by atoms with Crippen molar-refractivity contribution in [1.82, 2.24) is 20.2 Å². The van der Waals surface area contributed by atoms with Gasteiger partial charge in [0.1, 0.15) is 0 Å². The number of fused-ring (bicyclic) bond motifs is 1. The van der Waals surface area contributed by atoms with Gasteiger partial charge >= 0.3 is 0 Å². The van der Waals surface area contributed by atoms with Gasteiger partial charge in [0.2, 0.25) is 11.9 Å². The van der Waals surface area contributed by atoms with Crippen molar-refractivity contribution in [2.45, 2.75) is 45.2 Å². The van der Waals surface area contributed by atoms with Crippen LogP contribution in [-0.2, 0) is 17.8 Å². The Kier molecular flexibility index (Phi) is 5.81. The molecule has 0 radical (unpaired) electrons. The largest absolute Gasteiger partial charge is 0.354 e. The number of rotatable bonds is 5. The van der Waals surface area contributed by atoms with Crippen LogP contribution in [0.25, 0.3) is 0 Å². The molecule has 154 valence electrons. The average Bonchev–Trinajstić information content (AvgIpc) is 2.78. The Balaban J connectivity index is 1.33. The summed E-state index contributed by atoms with van der Waals surface area (Å²) in [4.78, 5) is 26.2. The Bertz CT molecular complexity index is 838. The number of nitrogens with zero attached hydrogens (tertiary/aromatic N) is 4. The number of aromatic nitrogens is 2. The Morgan fingerprint density at radius 1 is 1.14 bits per heavy atom. The van der Waals surface area contributed by atoms with Crippen molar-refractivity contribution >= 4 is 11.9 Å². The monoisotopic (exact) mass is 393 g/mol. The smallest absolute Gasteiger partial charge is 0.225 e. The number of hydrogen-bond donors (Lipinski definition) is 1. The third-order valence-corrected chi connectivity index (χ3v) is 6.31. The summed E-state index contributed by atoms with van der Waals surface area (Å²) in [7, 11) is 0. The standard InChI is InChI=1S/C23H31N5O/c1-23(2,28-14-10-18-7-3-4-8-19(18)16-28)17-26-21(29)20-9-5-13-27(15-20)22-24-11-6-12-25-22/h3-4,6-8,11-12,20H,5,9-10,13-17H2,1-2H3,(H,26,29). The SMILES string of the molecule is CC(C)(CNC(=O)C1CCCN(c2ncccn2)C1)N1CCc2ccccc2C1. The molecule has 0 bridgehead atoms. The van der Waals surface area contributed by atoms with Crippen LogP contribution in [0.1, 0.15) is 37.8 Å². The van der Waals surface area contributed by atoms with E-state index in [-0.39, 0.29) is 17.4 Å². The van der Waals surface area contributed by atoms with Crippen molar-refractivity contribution in [2.24, 2.45) is 5.92 Å². The normalized spacial score (nSPS) is 20.2. The van der Waals surface area contributed by atoms with Gasteiger partial charge in [0.25, 0.3) is 0 Å². The Labute approximate surface area is 173 Å². The molecule has 0 aliphatic carbocycles. The van der Waals surface area contributed by atoms with Gasteiger partial charge < -0.3 is 10.2 Å². The first-order chi connectivity index (χ1) is 14.0. The highest BCUT2D eigenvalue weighted by atomic mass is 16.1. The van der Waals surface area contributed by atoms with E-state index >= 15 is 0 Å². The molecule has 1 saturated heterocycles. The molecule has 2 aliphatic rings. The van der Waals surface area contributed by atoms with Gasteiger partial charge in [-0.2, -0.15) is 0 Å². The van der Waals surface area contributed by atoms with Crippen molar-refractivity contribution in [2.75, 3.05) is 31.1 Å². The molecule has 0 spiro atoms. The summed E-state index contributed by atoms with van der Waals surface area (Å²) >= 11 is 0. The van der Waals surface area contributed by atoms with Crippen molar-refractivity contribution in [3.05, 3.63) is 53.9 Å². The molecule has 1 atom stereocenters. The molecule has 2 aliphatic heterocycles. The van der Waals surface area contributed by atoms with Crippen LogP contribution in [0, 0.1) is 5.92 Å². The summed E-state index contributed by atoms with van der Waals surface area (Å²) in [5.41, 5.74) is 2.78. The van der Waals surface area contributed by atoms with E-state index in [0.717, 1.165) is 44.8 Å². The van der Waals surface area contributed by atoms with Gasteiger partial charge in [-0.3, -0.25) is 9.69 Å². The highest BCUT2D eigenvalue weighted by molar-refractivity contribution is 5.79. The first-order valence-corrected chi connectivity index (χ1v) is 10.6. The molecule has 4 rings (SSSR count). The second-order valence-corrected chi connectivity index (χ2v) is 8.80. The minimum Gasteiger partial charge on any atom is -0.354 e. The van der Waals surface area contributed by atoms with E-state index in [9.17, 15) is 4.79 Å². The highest BCUT2D eigenvalue weighted by Crippen LogP contribution is 2.25. The number of carbonyl (C=O) groups excluding carboxylic acids is 1. The summed E-state index contributed by atoms with van der Waals surface area (Å²) in [5.74, 6) is 0.860. The van der Waals surface area contributed by atoms with Crippen molar-refractivity contribution in [1.29, 1.82) is 0 Å². The highest BCUT2D eigenvalue weighted by Gasteiger charge is 2.32. The second-order valence-electron chi connectivity index (χ2n) is 8.80. The van der Waals surface area contributed by atoms with Crippen molar-refractivity contribution < 1.29 is 4.79 Å². The van der Waals surface area contributed by atoms with Crippen LogP contribution < -0.4 is 10.2 Å². The Morgan fingerprint density at radius 2 is 1.90 bits per heavy atom. The van der Waals surface area contributed by atoms with Gasteiger partial charge in [-0.25, -0.2) is 9.97 Å². The fourth-order valence-electron chi connectivity index (χ4n) is 4.40. The molecule has 6 nitrogen and oxygen atoms in total. The first kappa shape index (κ1) is 19.8. The number of carbonyl (C=O) groups is 1. The van der Waals surface area contributed by atoms with Crippen molar-refractivity contribution in [3.63, 3.8) is 0 Å². The molecule has 1 fully saturated rings. The summed E-state index contributed by atoms with van der Waals surface area (Å²) in [5, 5.41) is 3.24. The zero-order chi connectivity index (χ0) is 20.3. The van der Waals surface area contributed by atoms with Crippen LogP contribution in [-0.4, -0.2) is 52.5 Å². The molecule has 2 aromatic rings. The maximum atomic E-state index is 12.9. The average molecular weight is 394 g/mol. The minimum atomic E-state index is -0.0832. The molecule has 1 aromatic carbocycles. The van der Waals surface area contributed by atoms with Crippen LogP contribution in [0.2, 0.25) is 0 Å². The van der Waals surface area contributed by atoms with Crippen LogP contribution in [0.15, 0.2) is 42.7 Å². The molecule has 1 aromatic heterocycles. The van der Waals surface area contributed by atoms with E-state index in [1.807, 2.05) is 6.07 Å². The first-order valence-electron chi connectivity index (χ1n) is 10.6. The van der Waals surface area contributed by atoms with Crippen LogP contribution in [0.3, 0.4) is 0 Å². The van der Waals surface area contributed by atoms with Gasteiger partial charge in [-0.05, 0) is 50.3 Å². The molecule has 6 heteroatoms. The molecule has 1 unspecified atom stereocenters. The van der Waals surface area contributed by atoms with Crippen molar-refractivity contribution in [3.8, 4) is 0 Å². The maximum Gasteiger partial charge on any atom is 0.225 e. The van der Waals surface area contributed by atoms with Gasteiger partial charge in [-0.1, -0.05) is 24.3 Å². The van der Waals surface area contributed by atoms with Crippen LogP contribution in [0.5, 0.6) is 0 Å². The van der Waals surface area contributed by atoms with E-state index in [1.54, 1.807) is 12.4 Å². The number of nitrogens with one attached hydrogen (secondary N) is 1. The molecule has 3 heterocycles. The number of hydrogen-bond acceptors (Lipinski definition) is 5. The van der Waals surface area contributed by atoms with E-state index in [4.69, 9.17) is 0 Å². The van der Waals surface area contributed by atoms with Crippen LogP contribution >= 0.6 is 0 Å². The van der Waals surface area contributed by atoms with Gasteiger partial charge in [-0.15, -0.1) is 0 Å².